The number of imidazole rings is 1. The van der Waals surface area contributed by atoms with Gasteiger partial charge in [-0.3, -0.25) is 4.68 Å². The number of rotatable bonds is 4. The topological polar surface area (TPSA) is 69.9 Å². The van der Waals surface area contributed by atoms with Gasteiger partial charge >= 0.3 is 0 Å². The van der Waals surface area contributed by atoms with Crippen molar-refractivity contribution in [2.75, 3.05) is 14.2 Å². The predicted molar refractivity (Wildman–Crippen MR) is 80.3 cm³/mol. The molecule has 2 aromatic heterocycles. The summed E-state index contributed by atoms with van der Waals surface area (Å²) in [6.45, 7) is 0.495. The van der Waals surface area contributed by atoms with Gasteiger partial charge in [0.15, 0.2) is 22.1 Å². The zero-order valence-electron chi connectivity index (χ0n) is 12.0. The summed E-state index contributed by atoms with van der Waals surface area (Å²) >= 11 is 5.38. The van der Waals surface area contributed by atoms with Crippen molar-refractivity contribution >= 4 is 23.3 Å². The van der Waals surface area contributed by atoms with E-state index in [0.29, 0.717) is 28.6 Å². The van der Waals surface area contributed by atoms with Gasteiger partial charge in [0.05, 0.1) is 31.8 Å². The van der Waals surface area contributed by atoms with E-state index in [1.54, 1.807) is 25.2 Å². The summed E-state index contributed by atoms with van der Waals surface area (Å²) < 4.78 is 14.8. The molecule has 21 heavy (non-hydrogen) atoms. The summed E-state index contributed by atoms with van der Waals surface area (Å²) in [4.78, 5) is 7.39. The Kier molecular flexibility index (Phi) is 3.38. The summed E-state index contributed by atoms with van der Waals surface area (Å²) in [7, 11) is 5.04. The molecule has 0 bridgehead atoms. The van der Waals surface area contributed by atoms with Gasteiger partial charge in [0.1, 0.15) is 6.33 Å². The van der Waals surface area contributed by atoms with E-state index in [2.05, 4.69) is 15.1 Å². The van der Waals surface area contributed by atoms with Gasteiger partial charge in [-0.1, -0.05) is 0 Å². The van der Waals surface area contributed by atoms with Crippen LogP contribution in [0.25, 0.3) is 11.0 Å². The maximum absolute atomic E-state index is 5.38. The highest BCUT2D eigenvalue weighted by Crippen LogP contribution is 2.32. The zero-order valence-corrected chi connectivity index (χ0v) is 12.8. The number of fused-ring (bicyclic) bond motifs is 1. The van der Waals surface area contributed by atoms with Crippen molar-refractivity contribution in [2.24, 2.45) is 7.05 Å². The molecule has 110 valence electrons. The van der Waals surface area contributed by atoms with Crippen molar-refractivity contribution in [1.29, 1.82) is 0 Å². The van der Waals surface area contributed by atoms with Gasteiger partial charge in [-0.2, -0.15) is 5.10 Å². The predicted octanol–water partition coefficient (Wildman–Crippen LogP) is 1.89. The van der Waals surface area contributed by atoms with Crippen LogP contribution in [0.3, 0.4) is 0 Å². The number of hydrogen-bond acceptors (Lipinski definition) is 5. The van der Waals surface area contributed by atoms with Crippen molar-refractivity contribution in [3.8, 4) is 11.5 Å². The Morgan fingerprint density at radius 1 is 1.24 bits per heavy atom. The second kappa shape index (κ2) is 5.21. The Hall–Kier alpha value is -2.35. The van der Waals surface area contributed by atoms with E-state index in [1.807, 2.05) is 23.7 Å². The minimum absolute atomic E-state index is 0.495. The average Bonchev–Trinajstić information content (AvgIpc) is 3.02. The molecule has 0 radical (unpaired) electrons. The molecule has 0 saturated carbocycles. The van der Waals surface area contributed by atoms with Crippen molar-refractivity contribution in [2.45, 2.75) is 6.54 Å². The van der Waals surface area contributed by atoms with Crippen LogP contribution in [0.2, 0.25) is 0 Å². The molecule has 0 saturated heterocycles. The quantitative estimate of drug-likeness (QED) is 0.745. The molecule has 0 fully saturated rings. The van der Waals surface area contributed by atoms with Crippen LogP contribution < -0.4 is 9.47 Å². The van der Waals surface area contributed by atoms with E-state index < -0.39 is 0 Å². The molecule has 0 spiro atoms. The highest BCUT2D eigenvalue weighted by Gasteiger charge is 2.12. The summed E-state index contributed by atoms with van der Waals surface area (Å²) in [6.07, 6.45) is 1.66. The monoisotopic (exact) mass is 305 g/mol. The standard InChI is InChI=1S/C13H15N5O2S/c1-17-7-14-12(16-17)6-18-9-5-11(20-3)10(19-2)4-8(9)15-13(18)21/h4-5,7H,6H2,1-3H3,(H,15,21). The molecule has 2 heterocycles. The third-order valence-electron chi connectivity index (χ3n) is 3.23. The van der Waals surface area contributed by atoms with Crippen LogP contribution in [0.1, 0.15) is 5.82 Å². The first-order valence-electron chi connectivity index (χ1n) is 6.31. The highest BCUT2D eigenvalue weighted by atomic mass is 32.1. The second-order valence-corrected chi connectivity index (χ2v) is 4.96. The van der Waals surface area contributed by atoms with Gasteiger partial charge in [-0.15, -0.1) is 0 Å². The van der Waals surface area contributed by atoms with Crippen LogP contribution in [-0.2, 0) is 13.6 Å². The maximum Gasteiger partial charge on any atom is 0.178 e. The normalized spacial score (nSPS) is 11.0. The number of aromatic amines is 1. The number of benzene rings is 1. The molecule has 0 aliphatic carbocycles. The lowest BCUT2D eigenvalue weighted by Crippen LogP contribution is -2.03. The Labute approximate surface area is 126 Å². The van der Waals surface area contributed by atoms with Gasteiger partial charge in [0.25, 0.3) is 0 Å². The van der Waals surface area contributed by atoms with Gasteiger partial charge in [-0.25, -0.2) is 4.98 Å². The number of aryl methyl sites for hydroxylation is 1. The molecule has 0 aliphatic rings. The number of ether oxygens (including phenoxy) is 2. The Bertz CT molecular complexity index is 848. The first-order valence-corrected chi connectivity index (χ1v) is 6.72. The van der Waals surface area contributed by atoms with Crippen molar-refractivity contribution in [3.05, 3.63) is 29.1 Å². The third kappa shape index (κ3) is 2.38. The van der Waals surface area contributed by atoms with E-state index in [9.17, 15) is 0 Å². The molecule has 1 aromatic carbocycles. The Morgan fingerprint density at radius 3 is 2.57 bits per heavy atom. The number of methoxy groups -OCH3 is 2. The van der Waals surface area contributed by atoms with Crippen molar-refractivity contribution in [3.63, 3.8) is 0 Å². The van der Waals surface area contributed by atoms with Crippen LogP contribution in [0, 0.1) is 4.77 Å². The van der Waals surface area contributed by atoms with E-state index >= 15 is 0 Å². The molecule has 3 aromatic rings. The molecule has 1 N–H and O–H groups in total. The molecule has 3 rings (SSSR count). The minimum atomic E-state index is 0.495. The fourth-order valence-corrected chi connectivity index (χ4v) is 2.51. The molecule has 0 unspecified atom stereocenters. The summed E-state index contributed by atoms with van der Waals surface area (Å²) in [6, 6.07) is 3.76. The Balaban J connectivity index is 2.13. The smallest absolute Gasteiger partial charge is 0.178 e. The van der Waals surface area contributed by atoms with Gasteiger partial charge in [0, 0.05) is 19.2 Å². The largest absolute Gasteiger partial charge is 0.493 e. The number of H-pyrrole nitrogens is 1. The van der Waals surface area contributed by atoms with E-state index in [-0.39, 0.29) is 0 Å². The van der Waals surface area contributed by atoms with E-state index in [4.69, 9.17) is 21.7 Å². The number of nitrogens with one attached hydrogen (secondary N) is 1. The summed E-state index contributed by atoms with van der Waals surface area (Å²) in [5.41, 5.74) is 1.80. The Morgan fingerprint density at radius 2 is 1.95 bits per heavy atom. The molecular formula is C13H15N5O2S. The number of hydrogen-bond donors (Lipinski definition) is 1. The van der Waals surface area contributed by atoms with Crippen molar-refractivity contribution < 1.29 is 9.47 Å². The summed E-state index contributed by atoms with van der Waals surface area (Å²) in [5, 5.41) is 4.28. The number of nitrogens with zero attached hydrogens (tertiary/aromatic N) is 4. The molecule has 0 aliphatic heterocycles. The second-order valence-electron chi connectivity index (χ2n) is 4.58. The first-order chi connectivity index (χ1) is 10.1. The van der Waals surface area contributed by atoms with Crippen LogP contribution >= 0.6 is 12.2 Å². The zero-order chi connectivity index (χ0) is 15.0. The van der Waals surface area contributed by atoms with Gasteiger partial charge in [0.2, 0.25) is 0 Å². The fraction of sp³-hybridized carbons (Fsp3) is 0.308. The van der Waals surface area contributed by atoms with Crippen molar-refractivity contribution in [1.82, 2.24) is 24.3 Å². The lowest BCUT2D eigenvalue weighted by atomic mass is 10.2. The lowest BCUT2D eigenvalue weighted by molar-refractivity contribution is 0.355. The van der Waals surface area contributed by atoms with Crippen LogP contribution in [0.4, 0.5) is 0 Å². The molecule has 8 heteroatoms. The molecule has 0 amide bonds. The van der Waals surface area contributed by atoms with Crippen LogP contribution in [0.15, 0.2) is 18.5 Å². The van der Waals surface area contributed by atoms with Gasteiger partial charge < -0.3 is 19.0 Å². The molecular weight excluding hydrogens is 290 g/mol. The average molecular weight is 305 g/mol. The third-order valence-corrected chi connectivity index (χ3v) is 3.55. The summed E-state index contributed by atoms with van der Waals surface area (Å²) in [5.74, 6) is 2.01. The number of aromatic nitrogens is 5. The minimum Gasteiger partial charge on any atom is -0.493 e. The van der Waals surface area contributed by atoms with E-state index in [0.717, 1.165) is 11.0 Å². The highest BCUT2D eigenvalue weighted by molar-refractivity contribution is 7.71. The molecule has 0 atom stereocenters. The molecule has 7 nitrogen and oxygen atoms in total. The van der Waals surface area contributed by atoms with E-state index in [1.165, 1.54) is 0 Å². The van der Waals surface area contributed by atoms with Crippen LogP contribution in [-0.4, -0.2) is 38.5 Å². The SMILES string of the molecule is COc1cc2[nH]c(=S)n(Cc3ncn(C)n3)c2cc1OC. The fourth-order valence-electron chi connectivity index (χ4n) is 2.24. The van der Waals surface area contributed by atoms with Gasteiger partial charge in [-0.05, 0) is 12.2 Å². The first kappa shape index (κ1) is 13.6. The lowest BCUT2D eigenvalue weighted by Gasteiger charge is -2.08. The maximum atomic E-state index is 5.38. The van der Waals surface area contributed by atoms with Crippen LogP contribution in [0.5, 0.6) is 11.5 Å².